The number of nitrogens with zero attached hydrogens (tertiary/aromatic N) is 2. The van der Waals surface area contributed by atoms with Crippen LogP contribution in [0.5, 0.6) is 0 Å². The molecule has 1 atom stereocenters. The van der Waals surface area contributed by atoms with E-state index >= 15 is 0 Å². The molecule has 0 saturated carbocycles. The number of hydrogen-bond donors (Lipinski definition) is 1. The van der Waals surface area contributed by atoms with E-state index in [0.29, 0.717) is 5.69 Å². The van der Waals surface area contributed by atoms with Crippen LogP contribution in [-0.4, -0.2) is 28.7 Å². The van der Waals surface area contributed by atoms with E-state index in [1.54, 1.807) is 4.68 Å². The van der Waals surface area contributed by atoms with E-state index in [1.165, 1.54) is 0 Å². The van der Waals surface area contributed by atoms with Crippen LogP contribution < -0.4 is 5.32 Å². The highest BCUT2D eigenvalue weighted by molar-refractivity contribution is 5.99. The lowest BCUT2D eigenvalue weighted by atomic mass is 9.77. The van der Waals surface area contributed by atoms with Crippen molar-refractivity contribution in [3.63, 3.8) is 0 Å². The number of hydrogen-bond acceptors (Lipinski definition) is 3. The van der Waals surface area contributed by atoms with Crippen LogP contribution in [0.3, 0.4) is 0 Å². The molecule has 0 spiro atoms. The van der Waals surface area contributed by atoms with Crippen molar-refractivity contribution in [1.82, 2.24) is 15.1 Å². The molecule has 0 radical (unpaired) electrons. The Bertz CT molecular complexity index is 377. The minimum Gasteiger partial charge on any atom is -0.316 e. The average Bonchev–Trinajstić information content (AvgIpc) is 2.87. The van der Waals surface area contributed by atoms with Gasteiger partial charge in [0.15, 0.2) is 5.78 Å². The van der Waals surface area contributed by atoms with Crippen molar-refractivity contribution in [2.24, 2.45) is 12.5 Å². The maximum Gasteiger partial charge on any atom is 0.190 e. The van der Waals surface area contributed by atoms with Gasteiger partial charge in [-0.1, -0.05) is 13.3 Å². The van der Waals surface area contributed by atoms with Crippen molar-refractivity contribution in [3.05, 3.63) is 18.0 Å². The molecule has 0 bridgehead atoms. The van der Waals surface area contributed by atoms with Gasteiger partial charge in [-0.15, -0.1) is 0 Å². The molecule has 1 aromatic heterocycles. The number of aryl methyl sites for hydroxylation is 1. The zero-order valence-electron chi connectivity index (χ0n) is 9.99. The lowest BCUT2D eigenvalue weighted by Crippen LogP contribution is -2.33. The summed E-state index contributed by atoms with van der Waals surface area (Å²) in [5.74, 6) is 0.208. The first-order valence-electron chi connectivity index (χ1n) is 5.93. The van der Waals surface area contributed by atoms with Crippen LogP contribution in [0.2, 0.25) is 0 Å². The van der Waals surface area contributed by atoms with E-state index in [9.17, 15) is 4.79 Å². The van der Waals surface area contributed by atoms with Crippen molar-refractivity contribution in [2.45, 2.75) is 26.2 Å². The van der Waals surface area contributed by atoms with Gasteiger partial charge >= 0.3 is 0 Å². The Morgan fingerprint density at radius 3 is 3.00 bits per heavy atom. The molecule has 1 N–H and O–H groups in total. The molecule has 2 heterocycles. The van der Waals surface area contributed by atoms with E-state index < -0.39 is 0 Å². The third kappa shape index (κ3) is 1.89. The first kappa shape index (κ1) is 11.3. The van der Waals surface area contributed by atoms with Crippen molar-refractivity contribution < 1.29 is 4.79 Å². The van der Waals surface area contributed by atoms with Gasteiger partial charge in [0.1, 0.15) is 5.69 Å². The van der Waals surface area contributed by atoms with Gasteiger partial charge in [-0.2, -0.15) is 5.10 Å². The van der Waals surface area contributed by atoms with E-state index in [-0.39, 0.29) is 11.2 Å². The smallest absolute Gasteiger partial charge is 0.190 e. The third-order valence-corrected chi connectivity index (χ3v) is 3.40. The lowest BCUT2D eigenvalue weighted by Gasteiger charge is -2.24. The zero-order chi connectivity index (χ0) is 11.6. The number of carbonyl (C=O) groups excluding carboxylic acids is 1. The van der Waals surface area contributed by atoms with E-state index in [0.717, 1.165) is 32.4 Å². The number of ketones is 1. The topological polar surface area (TPSA) is 46.9 Å². The SMILES string of the molecule is CCCC1(C(=O)c2ccn(C)n2)CCNC1. The van der Waals surface area contributed by atoms with E-state index in [4.69, 9.17) is 0 Å². The second-order valence-corrected chi connectivity index (χ2v) is 4.66. The van der Waals surface area contributed by atoms with Crippen LogP contribution in [0.4, 0.5) is 0 Å². The number of Topliss-reactive ketones (excluding diaryl/α,β-unsaturated/α-hetero) is 1. The van der Waals surface area contributed by atoms with Crippen molar-refractivity contribution in [1.29, 1.82) is 0 Å². The molecule has 1 unspecified atom stereocenters. The average molecular weight is 221 g/mol. The Morgan fingerprint density at radius 2 is 2.50 bits per heavy atom. The fraction of sp³-hybridized carbons (Fsp3) is 0.667. The van der Waals surface area contributed by atoms with Crippen molar-refractivity contribution in [3.8, 4) is 0 Å². The maximum atomic E-state index is 12.5. The van der Waals surface area contributed by atoms with Crippen LogP contribution in [0.25, 0.3) is 0 Å². The Hall–Kier alpha value is -1.16. The number of nitrogens with one attached hydrogen (secondary N) is 1. The normalized spacial score (nSPS) is 24.9. The van der Waals surface area contributed by atoms with Crippen LogP contribution in [0.1, 0.15) is 36.7 Å². The summed E-state index contributed by atoms with van der Waals surface area (Å²) in [6.07, 6.45) is 4.77. The van der Waals surface area contributed by atoms with Gasteiger partial charge in [-0.3, -0.25) is 9.48 Å². The minimum absolute atomic E-state index is 0.205. The molecule has 1 aliphatic rings. The first-order chi connectivity index (χ1) is 7.68. The van der Waals surface area contributed by atoms with Gasteiger partial charge in [-0.25, -0.2) is 0 Å². The summed E-state index contributed by atoms with van der Waals surface area (Å²) in [7, 11) is 1.84. The van der Waals surface area contributed by atoms with Crippen LogP contribution >= 0.6 is 0 Å². The lowest BCUT2D eigenvalue weighted by molar-refractivity contribution is 0.0795. The summed E-state index contributed by atoms with van der Waals surface area (Å²) >= 11 is 0. The van der Waals surface area contributed by atoms with Gasteiger partial charge in [0.25, 0.3) is 0 Å². The van der Waals surface area contributed by atoms with Crippen molar-refractivity contribution in [2.75, 3.05) is 13.1 Å². The third-order valence-electron chi connectivity index (χ3n) is 3.40. The molecule has 0 amide bonds. The molecular formula is C12H19N3O. The van der Waals surface area contributed by atoms with E-state index in [2.05, 4.69) is 17.3 Å². The molecule has 1 fully saturated rings. The summed E-state index contributed by atoms with van der Waals surface area (Å²) < 4.78 is 1.69. The Labute approximate surface area is 96.0 Å². The van der Waals surface area contributed by atoms with Crippen LogP contribution in [0.15, 0.2) is 12.3 Å². The summed E-state index contributed by atoms with van der Waals surface area (Å²) in [5, 5.41) is 7.52. The Morgan fingerprint density at radius 1 is 1.69 bits per heavy atom. The predicted octanol–water partition coefficient (Wildman–Crippen LogP) is 1.38. The molecule has 16 heavy (non-hydrogen) atoms. The molecule has 88 valence electrons. The first-order valence-corrected chi connectivity index (χ1v) is 5.93. The highest BCUT2D eigenvalue weighted by atomic mass is 16.1. The summed E-state index contributed by atoms with van der Waals surface area (Å²) in [5.41, 5.74) is 0.406. The zero-order valence-corrected chi connectivity index (χ0v) is 9.99. The van der Waals surface area contributed by atoms with Crippen LogP contribution in [0, 0.1) is 5.41 Å². The molecular weight excluding hydrogens is 202 g/mol. The Kier molecular flexibility index (Phi) is 3.10. The highest BCUT2D eigenvalue weighted by Crippen LogP contribution is 2.34. The summed E-state index contributed by atoms with van der Waals surface area (Å²) in [4.78, 5) is 12.5. The second-order valence-electron chi connectivity index (χ2n) is 4.66. The molecule has 4 nitrogen and oxygen atoms in total. The molecule has 1 aliphatic heterocycles. The van der Waals surface area contributed by atoms with Gasteiger partial charge in [0.2, 0.25) is 0 Å². The fourth-order valence-corrected chi connectivity index (χ4v) is 2.55. The van der Waals surface area contributed by atoms with Gasteiger partial charge < -0.3 is 5.32 Å². The Balaban J connectivity index is 2.23. The van der Waals surface area contributed by atoms with Gasteiger partial charge in [0.05, 0.1) is 0 Å². The van der Waals surface area contributed by atoms with Crippen LogP contribution in [-0.2, 0) is 7.05 Å². The van der Waals surface area contributed by atoms with Gasteiger partial charge in [0, 0.05) is 25.2 Å². The second kappa shape index (κ2) is 4.37. The number of rotatable bonds is 4. The fourth-order valence-electron chi connectivity index (χ4n) is 2.55. The van der Waals surface area contributed by atoms with Gasteiger partial charge in [-0.05, 0) is 25.5 Å². The quantitative estimate of drug-likeness (QED) is 0.781. The largest absolute Gasteiger partial charge is 0.316 e. The van der Waals surface area contributed by atoms with Crippen molar-refractivity contribution >= 4 is 5.78 Å². The summed E-state index contributed by atoms with van der Waals surface area (Å²) in [6, 6.07) is 1.82. The predicted molar refractivity (Wildman–Crippen MR) is 62.4 cm³/mol. The molecule has 0 aromatic carbocycles. The minimum atomic E-state index is -0.205. The molecule has 1 aromatic rings. The number of carbonyl (C=O) groups is 1. The molecule has 0 aliphatic carbocycles. The maximum absolute atomic E-state index is 12.5. The molecule has 2 rings (SSSR count). The summed E-state index contributed by atoms with van der Waals surface area (Å²) in [6.45, 7) is 3.88. The highest BCUT2D eigenvalue weighted by Gasteiger charge is 2.41. The monoisotopic (exact) mass is 221 g/mol. The number of aromatic nitrogens is 2. The molecule has 1 saturated heterocycles. The molecule has 4 heteroatoms. The van der Waals surface area contributed by atoms with E-state index in [1.807, 2.05) is 19.3 Å². The standard InChI is InChI=1S/C12H19N3O/c1-3-5-12(6-7-13-9-12)11(16)10-4-8-15(2)14-10/h4,8,13H,3,5-7,9H2,1-2H3.